The van der Waals surface area contributed by atoms with Crippen LogP contribution in [0.1, 0.15) is 24.1 Å². The number of carbonyl (C=O) groups excluding carboxylic acids is 1. The summed E-state index contributed by atoms with van der Waals surface area (Å²) in [7, 11) is 0. The molecule has 1 aliphatic heterocycles. The molecular weight excluding hydrogens is 326 g/mol. The highest BCUT2D eigenvalue weighted by atomic mass is 35.5. The van der Waals surface area contributed by atoms with Gasteiger partial charge < -0.3 is 14.8 Å². The van der Waals surface area contributed by atoms with Crippen LogP contribution < -0.4 is 14.8 Å². The lowest BCUT2D eigenvalue weighted by Crippen LogP contribution is -2.24. The maximum absolute atomic E-state index is 12.1. The Bertz CT molecular complexity index is 773. The summed E-state index contributed by atoms with van der Waals surface area (Å²) in [4.78, 5) is 12.1. The fraction of sp³-hybridized carbons (Fsp3) is 0.211. The van der Waals surface area contributed by atoms with E-state index < -0.39 is 0 Å². The molecule has 2 aromatic rings. The van der Waals surface area contributed by atoms with Gasteiger partial charge in [-0.05, 0) is 48.4 Å². The fourth-order valence-corrected chi connectivity index (χ4v) is 2.66. The van der Waals surface area contributed by atoms with Crippen molar-refractivity contribution in [2.75, 3.05) is 13.2 Å². The van der Waals surface area contributed by atoms with Crippen LogP contribution in [0.4, 0.5) is 0 Å². The third-order valence-electron chi connectivity index (χ3n) is 3.70. The first-order chi connectivity index (χ1) is 11.6. The molecule has 1 atom stereocenters. The van der Waals surface area contributed by atoms with E-state index in [1.807, 2.05) is 43.3 Å². The van der Waals surface area contributed by atoms with Gasteiger partial charge in [0.1, 0.15) is 13.2 Å². The maximum Gasteiger partial charge on any atom is 0.244 e. The van der Waals surface area contributed by atoms with Gasteiger partial charge in [-0.25, -0.2) is 0 Å². The normalized spacial score (nSPS) is 14.4. The second kappa shape index (κ2) is 7.41. The number of hydrogen-bond donors (Lipinski definition) is 1. The lowest BCUT2D eigenvalue weighted by atomic mass is 10.1. The van der Waals surface area contributed by atoms with E-state index in [1.54, 1.807) is 12.1 Å². The van der Waals surface area contributed by atoms with Gasteiger partial charge in [0, 0.05) is 11.1 Å². The molecule has 0 unspecified atom stereocenters. The first-order valence-corrected chi connectivity index (χ1v) is 8.13. The van der Waals surface area contributed by atoms with Gasteiger partial charge in [-0.15, -0.1) is 0 Å². The Morgan fingerprint density at radius 1 is 1.17 bits per heavy atom. The van der Waals surface area contributed by atoms with Crippen molar-refractivity contribution in [3.63, 3.8) is 0 Å². The van der Waals surface area contributed by atoms with Crippen molar-refractivity contribution >= 4 is 23.6 Å². The van der Waals surface area contributed by atoms with E-state index in [4.69, 9.17) is 21.1 Å². The number of halogens is 1. The van der Waals surface area contributed by atoms with Crippen molar-refractivity contribution in [1.29, 1.82) is 0 Å². The van der Waals surface area contributed by atoms with Crippen molar-refractivity contribution < 1.29 is 14.3 Å². The molecule has 1 amide bonds. The highest BCUT2D eigenvalue weighted by Crippen LogP contribution is 2.31. The quantitative estimate of drug-likeness (QED) is 0.853. The largest absolute Gasteiger partial charge is 0.486 e. The minimum Gasteiger partial charge on any atom is -0.486 e. The van der Waals surface area contributed by atoms with Crippen LogP contribution in [0.25, 0.3) is 6.08 Å². The van der Waals surface area contributed by atoms with Crippen molar-refractivity contribution in [2.24, 2.45) is 0 Å². The number of carbonyl (C=O) groups is 1. The topological polar surface area (TPSA) is 47.6 Å². The van der Waals surface area contributed by atoms with Gasteiger partial charge in [0.25, 0.3) is 0 Å². The van der Waals surface area contributed by atoms with Crippen LogP contribution in [0.15, 0.2) is 48.5 Å². The Hall–Kier alpha value is -2.46. The summed E-state index contributed by atoms with van der Waals surface area (Å²) in [6.45, 7) is 3.02. The summed E-state index contributed by atoms with van der Waals surface area (Å²) in [5, 5.41) is 3.57. The molecule has 124 valence electrons. The number of benzene rings is 2. The molecule has 0 aromatic heterocycles. The molecule has 0 aliphatic carbocycles. The van der Waals surface area contributed by atoms with Gasteiger partial charge in [-0.2, -0.15) is 0 Å². The minimum absolute atomic E-state index is 0.124. The second-order valence-electron chi connectivity index (χ2n) is 5.52. The average Bonchev–Trinajstić information content (AvgIpc) is 2.59. The molecule has 0 radical (unpaired) electrons. The van der Waals surface area contributed by atoms with Crippen LogP contribution in [0.3, 0.4) is 0 Å². The lowest BCUT2D eigenvalue weighted by Gasteiger charge is -2.18. The summed E-state index contributed by atoms with van der Waals surface area (Å²) in [6.07, 6.45) is 3.25. The van der Waals surface area contributed by atoms with Gasteiger partial charge in [-0.3, -0.25) is 4.79 Å². The van der Waals surface area contributed by atoms with Gasteiger partial charge in [0.15, 0.2) is 11.5 Å². The number of rotatable bonds is 4. The molecule has 0 saturated carbocycles. The molecule has 0 fully saturated rings. The Morgan fingerprint density at radius 2 is 1.96 bits per heavy atom. The number of hydrogen-bond acceptors (Lipinski definition) is 3. The van der Waals surface area contributed by atoms with Crippen LogP contribution in [0.5, 0.6) is 11.5 Å². The Kier molecular flexibility index (Phi) is 5.06. The molecule has 3 rings (SSSR count). The van der Waals surface area contributed by atoms with Gasteiger partial charge in [-0.1, -0.05) is 29.8 Å². The van der Waals surface area contributed by atoms with Crippen LogP contribution in [-0.2, 0) is 4.79 Å². The first kappa shape index (κ1) is 16.4. The molecule has 4 nitrogen and oxygen atoms in total. The van der Waals surface area contributed by atoms with E-state index in [1.165, 1.54) is 6.08 Å². The average molecular weight is 344 g/mol. The van der Waals surface area contributed by atoms with E-state index in [0.29, 0.717) is 24.0 Å². The zero-order chi connectivity index (χ0) is 16.9. The Morgan fingerprint density at radius 3 is 2.75 bits per heavy atom. The molecule has 1 heterocycles. The molecule has 1 aliphatic rings. The van der Waals surface area contributed by atoms with Crippen LogP contribution in [0.2, 0.25) is 5.02 Å². The third kappa shape index (κ3) is 4.09. The van der Waals surface area contributed by atoms with Crippen molar-refractivity contribution in [1.82, 2.24) is 5.32 Å². The fourth-order valence-electron chi connectivity index (χ4n) is 2.46. The molecule has 24 heavy (non-hydrogen) atoms. The highest BCUT2D eigenvalue weighted by molar-refractivity contribution is 6.30. The molecular formula is C19H18ClNO3. The van der Waals surface area contributed by atoms with Gasteiger partial charge >= 0.3 is 0 Å². The van der Waals surface area contributed by atoms with Crippen molar-refractivity contribution in [3.05, 3.63) is 64.7 Å². The van der Waals surface area contributed by atoms with Crippen molar-refractivity contribution in [2.45, 2.75) is 13.0 Å². The van der Waals surface area contributed by atoms with E-state index in [0.717, 1.165) is 16.9 Å². The summed E-state index contributed by atoms with van der Waals surface area (Å²) >= 11 is 5.98. The molecule has 2 aromatic carbocycles. The van der Waals surface area contributed by atoms with Gasteiger partial charge in [0.2, 0.25) is 5.91 Å². The van der Waals surface area contributed by atoms with Crippen molar-refractivity contribution in [3.8, 4) is 11.5 Å². The zero-order valence-electron chi connectivity index (χ0n) is 13.3. The minimum atomic E-state index is -0.169. The predicted molar refractivity (Wildman–Crippen MR) is 94.5 cm³/mol. The Balaban J connectivity index is 1.63. The smallest absolute Gasteiger partial charge is 0.244 e. The number of ether oxygens (including phenoxy) is 2. The van der Waals surface area contributed by atoms with E-state index in [9.17, 15) is 4.79 Å². The second-order valence-corrected chi connectivity index (χ2v) is 5.96. The SMILES string of the molecule is C[C@H](NC(=O)/C=C/c1ccc2c(c1)OCCO2)c1cccc(Cl)c1. The number of fused-ring (bicyclic) bond motifs is 1. The molecule has 0 bridgehead atoms. The monoisotopic (exact) mass is 343 g/mol. The van der Waals surface area contributed by atoms with Gasteiger partial charge in [0.05, 0.1) is 6.04 Å². The van der Waals surface area contributed by atoms with Crippen LogP contribution >= 0.6 is 11.6 Å². The lowest BCUT2D eigenvalue weighted by molar-refractivity contribution is -0.117. The van der Waals surface area contributed by atoms with E-state index >= 15 is 0 Å². The summed E-state index contributed by atoms with van der Waals surface area (Å²) in [5.74, 6) is 1.27. The Labute approximate surface area is 146 Å². The summed E-state index contributed by atoms with van der Waals surface area (Å²) in [5.41, 5.74) is 1.84. The van der Waals surface area contributed by atoms with Crippen LogP contribution in [-0.4, -0.2) is 19.1 Å². The van der Waals surface area contributed by atoms with E-state index in [-0.39, 0.29) is 11.9 Å². The first-order valence-electron chi connectivity index (χ1n) is 7.75. The predicted octanol–water partition coefficient (Wildman–Crippen LogP) is 4.00. The maximum atomic E-state index is 12.1. The van der Waals surface area contributed by atoms with Crippen LogP contribution in [0, 0.1) is 0 Å². The number of amides is 1. The highest BCUT2D eigenvalue weighted by Gasteiger charge is 2.11. The third-order valence-corrected chi connectivity index (χ3v) is 3.94. The summed E-state index contributed by atoms with van der Waals surface area (Å²) in [6, 6.07) is 12.9. The molecule has 0 saturated heterocycles. The molecule has 0 spiro atoms. The van der Waals surface area contributed by atoms with E-state index in [2.05, 4.69) is 5.32 Å². The zero-order valence-corrected chi connectivity index (χ0v) is 14.0. The molecule has 5 heteroatoms. The summed E-state index contributed by atoms with van der Waals surface area (Å²) < 4.78 is 11.0. The number of nitrogens with one attached hydrogen (secondary N) is 1. The molecule has 1 N–H and O–H groups in total. The standard InChI is InChI=1S/C19H18ClNO3/c1-13(15-3-2-4-16(20)12-15)21-19(22)8-6-14-5-7-17-18(11-14)24-10-9-23-17/h2-8,11-13H,9-10H2,1H3,(H,21,22)/b8-6+/t13-/m0/s1.